The molecule has 1 fully saturated rings. The molecule has 0 bridgehead atoms. The van der Waals surface area contributed by atoms with Gasteiger partial charge in [-0.3, -0.25) is 9.48 Å². The Morgan fingerprint density at radius 3 is 2.73 bits per heavy atom. The maximum atomic E-state index is 12.1. The van der Waals surface area contributed by atoms with Crippen LogP contribution in [0, 0.1) is 5.41 Å². The van der Waals surface area contributed by atoms with E-state index in [-0.39, 0.29) is 24.9 Å². The van der Waals surface area contributed by atoms with Crippen LogP contribution in [-0.4, -0.2) is 50.0 Å². The summed E-state index contributed by atoms with van der Waals surface area (Å²) in [5, 5.41) is 16.2. The van der Waals surface area contributed by atoms with Crippen molar-refractivity contribution >= 4 is 11.9 Å². The zero-order chi connectivity index (χ0) is 16.4. The second kappa shape index (κ2) is 6.04. The van der Waals surface area contributed by atoms with E-state index in [2.05, 4.69) is 15.4 Å². The van der Waals surface area contributed by atoms with Gasteiger partial charge in [0.15, 0.2) is 0 Å². The Kier molecular flexibility index (Phi) is 4.50. The zero-order valence-electron chi connectivity index (χ0n) is 13.1. The van der Waals surface area contributed by atoms with Gasteiger partial charge in [0.2, 0.25) is 5.91 Å². The van der Waals surface area contributed by atoms with E-state index in [9.17, 15) is 14.7 Å². The summed E-state index contributed by atoms with van der Waals surface area (Å²) in [6, 6.07) is 0. The summed E-state index contributed by atoms with van der Waals surface area (Å²) in [5.74, 6) is -1.34. The molecule has 2 unspecified atom stereocenters. The number of hydrogen-bond acceptors (Lipinski definition) is 5. The second-order valence-electron chi connectivity index (χ2n) is 6.04. The Hall–Kier alpha value is -1.96. The molecule has 0 aromatic carbocycles. The summed E-state index contributed by atoms with van der Waals surface area (Å²) in [6.07, 6.45) is 3.15. The van der Waals surface area contributed by atoms with E-state index in [0.29, 0.717) is 13.2 Å². The van der Waals surface area contributed by atoms with Crippen molar-refractivity contribution in [2.24, 2.45) is 5.41 Å². The lowest BCUT2D eigenvalue weighted by Gasteiger charge is -2.58. The minimum Gasteiger partial charge on any atom is -0.479 e. The lowest BCUT2D eigenvalue weighted by molar-refractivity contribution is -0.194. The minimum atomic E-state index is -1.29. The third-order valence-electron chi connectivity index (χ3n) is 4.52. The Bertz CT molecular complexity index is 543. The molecular weight excluding hydrogens is 288 g/mol. The van der Waals surface area contributed by atoms with Gasteiger partial charge < -0.3 is 15.2 Å². The third kappa shape index (κ3) is 2.70. The van der Waals surface area contributed by atoms with Crippen molar-refractivity contribution < 1.29 is 19.4 Å². The van der Waals surface area contributed by atoms with Gasteiger partial charge in [0.05, 0.1) is 12.6 Å². The maximum absolute atomic E-state index is 12.1. The Balaban J connectivity index is 2.01. The monoisotopic (exact) mass is 310 g/mol. The van der Waals surface area contributed by atoms with Crippen LogP contribution in [-0.2, 0) is 20.9 Å². The lowest BCUT2D eigenvalue weighted by atomic mass is 9.54. The number of rotatable bonds is 7. The smallest absolute Gasteiger partial charge is 0.330 e. The van der Waals surface area contributed by atoms with Crippen LogP contribution in [0.5, 0.6) is 0 Å². The van der Waals surface area contributed by atoms with Gasteiger partial charge in [-0.1, -0.05) is 13.8 Å². The van der Waals surface area contributed by atoms with Crippen LogP contribution >= 0.6 is 0 Å². The SMILES string of the molecule is CCOC1CC(NC(=O)CCn2cncn2)(C(=O)O)C1(C)C. The van der Waals surface area contributed by atoms with Crippen LogP contribution < -0.4 is 5.32 Å². The normalized spacial score (nSPS) is 26.2. The van der Waals surface area contributed by atoms with Crippen LogP contribution in [0.3, 0.4) is 0 Å². The van der Waals surface area contributed by atoms with Crippen molar-refractivity contribution in [3.05, 3.63) is 12.7 Å². The van der Waals surface area contributed by atoms with Crippen molar-refractivity contribution in [1.29, 1.82) is 0 Å². The second-order valence-corrected chi connectivity index (χ2v) is 6.04. The van der Waals surface area contributed by atoms with Crippen molar-refractivity contribution in [3.63, 3.8) is 0 Å². The quantitative estimate of drug-likeness (QED) is 0.757. The van der Waals surface area contributed by atoms with Crippen LogP contribution in [0.2, 0.25) is 0 Å². The molecule has 2 N–H and O–H groups in total. The maximum Gasteiger partial charge on any atom is 0.330 e. The third-order valence-corrected chi connectivity index (χ3v) is 4.52. The predicted octanol–water partition coefficient (Wildman–Crippen LogP) is 0.443. The number of aryl methyl sites for hydroxylation is 1. The molecule has 122 valence electrons. The molecule has 1 heterocycles. The average molecular weight is 310 g/mol. The van der Waals surface area contributed by atoms with Crippen molar-refractivity contribution in [3.8, 4) is 0 Å². The molecule has 2 atom stereocenters. The van der Waals surface area contributed by atoms with Gasteiger partial charge in [0.1, 0.15) is 18.2 Å². The summed E-state index contributed by atoms with van der Waals surface area (Å²) in [5.41, 5.74) is -1.95. The summed E-state index contributed by atoms with van der Waals surface area (Å²) >= 11 is 0. The van der Waals surface area contributed by atoms with Crippen LogP contribution in [0.15, 0.2) is 12.7 Å². The number of aliphatic carboxylic acids is 1. The molecule has 0 aliphatic heterocycles. The number of nitrogens with one attached hydrogen (secondary N) is 1. The highest BCUT2D eigenvalue weighted by Gasteiger charge is 2.66. The molecule has 8 nitrogen and oxygen atoms in total. The first-order chi connectivity index (χ1) is 10.3. The molecule has 1 saturated carbocycles. The molecule has 1 aliphatic carbocycles. The van der Waals surface area contributed by atoms with Crippen LogP contribution in [0.25, 0.3) is 0 Å². The average Bonchev–Trinajstić information content (AvgIpc) is 2.96. The van der Waals surface area contributed by atoms with Gasteiger partial charge >= 0.3 is 5.97 Å². The molecule has 1 amide bonds. The minimum absolute atomic E-state index is 0.147. The van der Waals surface area contributed by atoms with E-state index in [4.69, 9.17) is 4.74 Å². The van der Waals surface area contributed by atoms with Gasteiger partial charge in [0.25, 0.3) is 0 Å². The fourth-order valence-corrected chi connectivity index (χ4v) is 2.90. The first-order valence-corrected chi connectivity index (χ1v) is 7.32. The van der Waals surface area contributed by atoms with Gasteiger partial charge in [-0.25, -0.2) is 9.78 Å². The number of ether oxygens (including phenoxy) is 1. The summed E-state index contributed by atoms with van der Waals surface area (Å²) in [4.78, 5) is 27.7. The Morgan fingerprint density at radius 2 is 2.23 bits per heavy atom. The molecule has 0 saturated heterocycles. The number of nitrogens with zero attached hydrogens (tertiary/aromatic N) is 3. The molecule has 22 heavy (non-hydrogen) atoms. The first kappa shape index (κ1) is 16.4. The number of carbonyl (C=O) groups is 2. The molecule has 2 rings (SSSR count). The number of carboxylic acids is 1. The van der Waals surface area contributed by atoms with Crippen LogP contribution in [0.1, 0.15) is 33.6 Å². The fourth-order valence-electron chi connectivity index (χ4n) is 2.90. The van der Waals surface area contributed by atoms with E-state index in [1.807, 2.05) is 20.8 Å². The summed E-state index contributed by atoms with van der Waals surface area (Å²) in [6.45, 7) is 6.36. The lowest BCUT2D eigenvalue weighted by Crippen LogP contribution is -2.76. The largest absolute Gasteiger partial charge is 0.479 e. The summed E-state index contributed by atoms with van der Waals surface area (Å²) < 4.78 is 7.09. The molecular formula is C14H22N4O4. The highest BCUT2D eigenvalue weighted by molar-refractivity contribution is 5.89. The van der Waals surface area contributed by atoms with Crippen molar-refractivity contribution in [2.45, 2.75) is 51.8 Å². The van der Waals surface area contributed by atoms with Crippen molar-refractivity contribution in [1.82, 2.24) is 20.1 Å². The Labute approximate surface area is 128 Å². The number of carbonyl (C=O) groups excluding carboxylic acids is 1. The fraction of sp³-hybridized carbons (Fsp3) is 0.714. The molecule has 0 spiro atoms. The molecule has 8 heteroatoms. The van der Waals surface area contributed by atoms with Crippen molar-refractivity contribution in [2.75, 3.05) is 6.61 Å². The first-order valence-electron chi connectivity index (χ1n) is 7.32. The standard InChI is InChI=1S/C14H22N4O4/c1-4-22-10-7-14(12(20)21,13(10,2)3)17-11(19)5-6-18-9-15-8-16-18/h8-10H,4-7H2,1-3H3,(H,17,19)(H,20,21). The number of amides is 1. The molecule has 0 radical (unpaired) electrons. The summed E-state index contributed by atoms with van der Waals surface area (Å²) in [7, 11) is 0. The van der Waals surface area contributed by atoms with Gasteiger partial charge in [0, 0.05) is 24.9 Å². The number of carboxylic acid groups (broad SMARTS) is 1. The predicted molar refractivity (Wildman–Crippen MR) is 77.0 cm³/mol. The van der Waals surface area contributed by atoms with Gasteiger partial charge in [-0.05, 0) is 6.92 Å². The molecule has 1 aromatic heterocycles. The topological polar surface area (TPSA) is 106 Å². The molecule has 1 aromatic rings. The zero-order valence-corrected chi connectivity index (χ0v) is 13.1. The van der Waals surface area contributed by atoms with E-state index in [1.165, 1.54) is 17.3 Å². The number of hydrogen-bond donors (Lipinski definition) is 2. The van der Waals surface area contributed by atoms with E-state index < -0.39 is 16.9 Å². The number of aromatic nitrogens is 3. The highest BCUT2D eigenvalue weighted by Crippen LogP contribution is 2.51. The van der Waals surface area contributed by atoms with Gasteiger partial charge in [-0.2, -0.15) is 5.10 Å². The highest BCUT2D eigenvalue weighted by atomic mass is 16.5. The van der Waals surface area contributed by atoms with Crippen LogP contribution in [0.4, 0.5) is 0 Å². The van der Waals surface area contributed by atoms with E-state index >= 15 is 0 Å². The molecule has 1 aliphatic rings. The van der Waals surface area contributed by atoms with Gasteiger partial charge in [-0.15, -0.1) is 0 Å². The Morgan fingerprint density at radius 1 is 1.50 bits per heavy atom. The van der Waals surface area contributed by atoms with E-state index in [0.717, 1.165) is 0 Å². The van der Waals surface area contributed by atoms with E-state index in [1.54, 1.807) is 0 Å².